The van der Waals surface area contributed by atoms with Crippen molar-refractivity contribution < 1.29 is 32.0 Å². The summed E-state index contributed by atoms with van der Waals surface area (Å²) in [6.45, 7) is 9.95. The molecule has 0 spiro atoms. The molecule has 0 bridgehead atoms. The van der Waals surface area contributed by atoms with Crippen LogP contribution < -0.4 is 15.5 Å². The first-order valence-corrected chi connectivity index (χ1v) is 12.4. The van der Waals surface area contributed by atoms with Crippen LogP contribution in [0.3, 0.4) is 0 Å². The maximum Gasteiger partial charge on any atom is 0.416 e. The lowest BCUT2D eigenvalue weighted by Crippen LogP contribution is -2.42. The van der Waals surface area contributed by atoms with E-state index in [0.29, 0.717) is 18.9 Å². The van der Waals surface area contributed by atoms with Gasteiger partial charge >= 0.3 is 6.18 Å². The minimum Gasteiger partial charge on any atom is -0.491 e. The number of hydrogen-bond acceptors (Lipinski definition) is 5. The van der Waals surface area contributed by atoms with Crippen LogP contribution in [0.4, 0.5) is 13.2 Å². The number of nitrogens with one attached hydrogen (secondary N) is 1. The quantitative estimate of drug-likeness (QED) is 0.603. The molecule has 36 heavy (non-hydrogen) atoms. The molecule has 2 aromatic rings. The molecule has 1 amide bonds. The minimum atomic E-state index is -4.61. The van der Waals surface area contributed by atoms with Crippen LogP contribution in [0.5, 0.6) is 5.75 Å². The summed E-state index contributed by atoms with van der Waals surface area (Å²) in [5.41, 5.74) is -1.62. The van der Waals surface area contributed by atoms with Gasteiger partial charge in [-0.05, 0) is 57.4 Å². The van der Waals surface area contributed by atoms with Crippen molar-refractivity contribution >= 4 is 5.91 Å². The van der Waals surface area contributed by atoms with Crippen LogP contribution in [0.2, 0.25) is 0 Å². The fourth-order valence-corrected chi connectivity index (χ4v) is 4.41. The number of aromatic nitrogens is 1. The van der Waals surface area contributed by atoms with Crippen molar-refractivity contribution in [2.45, 2.75) is 83.2 Å². The lowest BCUT2D eigenvalue weighted by atomic mass is 9.94. The molecule has 0 aliphatic carbocycles. The summed E-state index contributed by atoms with van der Waals surface area (Å²) in [7, 11) is 0. The molecule has 0 unspecified atom stereocenters. The SMILES string of the molecule is CC(C)(C)c1c/c(=N\C(=O)c2cc(C(F)(F)F)ccc2OC[C@]2(C)CCCN2)n(C[C@H]2CCCO2)o1. The van der Waals surface area contributed by atoms with Crippen LogP contribution in [0.1, 0.15) is 75.1 Å². The Hall–Kier alpha value is -2.59. The molecule has 198 valence electrons. The van der Waals surface area contributed by atoms with Gasteiger partial charge in [0.2, 0.25) is 0 Å². The Morgan fingerprint density at radius 1 is 1.25 bits per heavy atom. The zero-order valence-electron chi connectivity index (χ0n) is 21.2. The Balaban J connectivity index is 1.71. The minimum absolute atomic E-state index is 0.0666. The zero-order valence-corrected chi connectivity index (χ0v) is 21.2. The van der Waals surface area contributed by atoms with Crippen molar-refractivity contribution in [3.8, 4) is 5.75 Å². The zero-order chi connectivity index (χ0) is 26.1. The number of benzene rings is 1. The smallest absolute Gasteiger partial charge is 0.416 e. The Bertz CT molecular complexity index is 1150. The van der Waals surface area contributed by atoms with E-state index in [9.17, 15) is 18.0 Å². The molecule has 0 radical (unpaired) electrons. The van der Waals surface area contributed by atoms with Gasteiger partial charge < -0.3 is 19.3 Å². The number of ether oxygens (including phenoxy) is 2. The maximum absolute atomic E-state index is 13.5. The van der Waals surface area contributed by atoms with E-state index in [2.05, 4.69) is 10.3 Å². The highest BCUT2D eigenvalue weighted by Crippen LogP contribution is 2.33. The van der Waals surface area contributed by atoms with Crippen LogP contribution in [-0.2, 0) is 22.9 Å². The van der Waals surface area contributed by atoms with Crippen LogP contribution in [0.15, 0.2) is 33.8 Å². The molecule has 1 aromatic carbocycles. The van der Waals surface area contributed by atoms with Crippen LogP contribution >= 0.6 is 0 Å². The Morgan fingerprint density at radius 3 is 2.64 bits per heavy atom. The van der Waals surface area contributed by atoms with Crippen molar-refractivity contribution in [3.63, 3.8) is 0 Å². The fourth-order valence-electron chi connectivity index (χ4n) is 4.41. The fraction of sp³-hybridized carbons (Fsp3) is 0.615. The van der Waals surface area contributed by atoms with E-state index in [-0.39, 0.29) is 40.5 Å². The number of amides is 1. The van der Waals surface area contributed by atoms with E-state index in [0.717, 1.165) is 44.4 Å². The highest BCUT2D eigenvalue weighted by atomic mass is 19.4. The number of carbonyl (C=O) groups excluding carboxylic acids is 1. The third-order valence-corrected chi connectivity index (χ3v) is 6.61. The van der Waals surface area contributed by atoms with Gasteiger partial charge in [-0.2, -0.15) is 22.9 Å². The molecule has 0 saturated carbocycles. The molecule has 2 aliphatic rings. The Kier molecular flexibility index (Phi) is 7.39. The van der Waals surface area contributed by atoms with Crippen LogP contribution in [-0.4, -0.2) is 42.0 Å². The van der Waals surface area contributed by atoms with Crippen LogP contribution in [0, 0.1) is 0 Å². The molecule has 3 heterocycles. The summed E-state index contributed by atoms with van der Waals surface area (Å²) in [6, 6.07) is 4.58. The van der Waals surface area contributed by atoms with Crippen LogP contribution in [0.25, 0.3) is 0 Å². The third kappa shape index (κ3) is 6.21. The summed E-state index contributed by atoms with van der Waals surface area (Å²) in [6.07, 6.45) is -1.05. The maximum atomic E-state index is 13.5. The van der Waals surface area contributed by atoms with Gasteiger partial charge in [0.25, 0.3) is 5.91 Å². The van der Waals surface area contributed by atoms with Gasteiger partial charge in [-0.1, -0.05) is 20.8 Å². The number of nitrogens with zero attached hydrogens (tertiary/aromatic N) is 2. The second kappa shape index (κ2) is 10.0. The molecule has 1 aromatic heterocycles. The molecule has 4 rings (SSSR count). The van der Waals surface area contributed by atoms with E-state index in [4.69, 9.17) is 14.0 Å². The first kappa shape index (κ1) is 26.5. The van der Waals surface area contributed by atoms with Crippen molar-refractivity contribution in [1.82, 2.24) is 10.1 Å². The second-order valence-corrected chi connectivity index (χ2v) is 10.9. The molecule has 2 saturated heterocycles. The topological polar surface area (TPSA) is 78.0 Å². The average molecular weight is 510 g/mol. The first-order valence-electron chi connectivity index (χ1n) is 12.4. The van der Waals surface area contributed by atoms with Gasteiger partial charge in [0, 0.05) is 23.6 Å². The van der Waals surface area contributed by atoms with Gasteiger partial charge in [-0.3, -0.25) is 4.79 Å². The number of hydrogen-bond donors (Lipinski definition) is 1. The standard InChI is InChI=1S/C26H34F3N3O4/c1-24(2,3)21-14-22(32(36-21)15-18-7-5-12-34-18)31-23(33)19-13-17(26(27,28)29)8-9-20(19)35-16-25(4)10-6-11-30-25/h8-9,13-14,18,30H,5-7,10-12,15-16H2,1-4H3/b31-22+/t18-,25+/m1/s1. The predicted octanol–water partition coefficient (Wildman–Crippen LogP) is 4.84. The molecule has 1 N–H and O–H groups in total. The lowest BCUT2D eigenvalue weighted by Gasteiger charge is -2.25. The van der Waals surface area contributed by atoms with E-state index in [1.165, 1.54) is 10.8 Å². The summed E-state index contributed by atoms with van der Waals surface area (Å²) < 4.78 is 59.5. The Morgan fingerprint density at radius 2 is 2.03 bits per heavy atom. The monoisotopic (exact) mass is 509 g/mol. The van der Waals surface area contributed by atoms with Gasteiger partial charge in [0.05, 0.1) is 23.8 Å². The second-order valence-electron chi connectivity index (χ2n) is 10.9. The number of halogens is 3. The van der Waals surface area contributed by atoms with Gasteiger partial charge in [0.15, 0.2) is 5.49 Å². The largest absolute Gasteiger partial charge is 0.491 e. The van der Waals surface area contributed by atoms with E-state index in [1.54, 1.807) is 6.07 Å². The molecule has 10 heteroatoms. The molecule has 2 atom stereocenters. The van der Waals surface area contributed by atoms with E-state index < -0.39 is 17.6 Å². The summed E-state index contributed by atoms with van der Waals surface area (Å²) in [5, 5.41) is 3.35. The number of alkyl halides is 3. The van der Waals surface area contributed by atoms with Crippen molar-refractivity contribution in [3.05, 3.63) is 46.6 Å². The van der Waals surface area contributed by atoms with E-state index >= 15 is 0 Å². The molecule has 2 aliphatic heterocycles. The number of rotatable bonds is 6. The number of carbonyl (C=O) groups is 1. The van der Waals surface area contributed by atoms with E-state index in [1.807, 2.05) is 27.7 Å². The normalized spacial score (nSPS) is 23.4. The summed E-state index contributed by atoms with van der Waals surface area (Å²) in [4.78, 5) is 17.5. The van der Waals surface area contributed by atoms with Crippen molar-refractivity contribution in [1.29, 1.82) is 0 Å². The lowest BCUT2D eigenvalue weighted by molar-refractivity contribution is -0.137. The molecule has 7 nitrogen and oxygen atoms in total. The predicted molar refractivity (Wildman–Crippen MR) is 127 cm³/mol. The highest BCUT2D eigenvalue weighted by molar-refractivity contribution is 5.97. The van der Waals surface area contributed by atoms with Crippen molar-refractivity contribution in [2.75, 3.05) is 19.8 Å². The van der Waals surface area contributed by atoms with Crippen molar-refractivity contribution in [2.24, 2.45) is 4.99 Å². The molecular weight excluding hydrogens is 475 g/mol. The molecular formula is C26H34F3N3O4. The highest BCUT2D eigenvalue weighted by Gasteiger charge is 2.33. The first-order chi connectivity index (χ1) is 16.8. The van der Waals surface area contributed by atoms with Gasteiger partial charge in [-0.15, -0.1) is 0 Å². The Labute approximate surface area is 208 Å². The third-order valence-electron chi connectivity index (χ3n) is 6.61. The summed E-state index contributed by atoms with van der Waals surface area (Å²) in [5.74, 6) is -0.160. The van der Waals surface area contributed by atoms with Gasteiger partial charge in [0.1, 0.15) is 18.1 Å². The average Bonchev–Trinajstić information content (AvgIpc) is 3.54. The van der Waals surface area contributed by atoms with Gasteiger partial charge in [-0.25, -0.2) is 0 Å². The summed E-state index contributed by atoms with van der Waals surface area (Å²) >= 11 is 0. The molecule has 2 fully saturated rings.